The van der Waals surface area contributed by atoms with Crippen LogP contribution in [0.4, 0.5) is 0 Å². The van der Waals surface area contributed by atoms with Crippen LogP contribution in [0.15, 0.2) is 0 Å². The molecule has 0 aromatic carbocycles. The number of esters is 2. The van der Waals surface area contributed by atoms with E-state index in [0.717, 1.165) is 18.8 Å². The molecule has 196 valence electrons. The van der Waals surface area contributed by atoms with E-state index in [1.165, 1.54) is 52.1 Å². The summed E-state index contributed by atoms with van der Waals surface area (Å²) < 4.78 is 10.6. The first-order valence-electron chi connectivity index (χ1n) is 14.1. The van der Waals surface area contributed by atoms with E-state index in [9.17, 15) is 14.4 Å². The van der Waals surface area contributed by atoms with Gasteiger partial charge in [-0.15, -0.1) is 0 Å². The van der Waals surface area contributed by atoms with Crippen LogP contribution >= 0.6 is 0 Å². The predicted molar refractivity (Wildman–Crippen MR) is 133 cm³/mol. The smallest absolute Gasteiger partial charge is 0.374 e. The van der Waals surface area contributed by atoms with Crippen molar-refractivity contribution in [2.24, 2.45) is 50.7 Å². The van der Waals surface area contributed by atoms with Gasteiger partial charge in [0, 0.05) is 18.8 Å². The lowest BCUT2D eigenvalue weighted by Gasteiger charge is -2.63. The van der Waals surface area contributed by atoms with Gasteiger partial charge in [-0.1, -0.05) is 34.6 Å². The van der Waals surface area contributed by atoms with Crippen LogP contribution in [0.25, 0.3) is 0 Å². The number of hydrogen-bond donors (Lipinski definition) is 0. The molecule has 0 saturated heterocycles. The first kappa shape index (κ1) is 25.3. The van der Waals surface area contributed by atoms with Crippen LogP contribution in [0.2, 0.25) is 0 Å². The number of rotatable bonds is 5. The summed E-state index contributed by atoms with van der Waals surface area (Å²) in [6, 6.07) is 0. The quantitative estimate of drug-likeness (QED) is 0.346. The van der Waals surface area contributed by atoms with E-state index >= 15 is 0 Å². The molecule has 0 heterocycles. The minimum absolute atomic E-state index is 0.0288. The molecule has 0 amide bonds. The highest BCUT2D eigenvalue weighted by Crippen LogP contribution is 2.89. The van der Waals surface area contributed by atoms with Gasteiger partial charge in [0.15, 0.2) is 0 Å². The molecule has 5 saturated carbocycles. The predicted octanol–water partition coefficient (Wildman–Crippen LogP) is 6.13. The Morgan fingerprint density at radius 1 is 0.857 bits per heavy atom. The van der Waals surface area contributed by atoms with Crippen molar-refractivity contribution in [2.45, 2.75) is 112 Å². The van der Waals surface area contributed by atoms with Gasteiger partial charge in [-0.25, -0.2) is 4.79 Å². The highest BCUT2D eigenvalue weighted by molar-refractivity contribution is 6.33. The van der Waals surface area contributed by atoms with E-state index in [1.807, 2.05) is 0 Å². The van der Waals surface area contributed by atoms with Crippen molar-refractivity contribution in [3.63, 3.8) is 0 Å². The van der Waals surface area contributed by atoms with Crippen molar-refractivity contribution in [1.82, 2.24) is 0 Å². The van der Waals surface area contributed by atoms with Crippen LogP contribution in [-0.2, 0) is 23.9 Å². The summed E-state index contributed by atoms with van der Waals surface area (Å²) >= 11 is 0. The maximum absolute atomic E-state index is 12.4. The summed E-state index contributed by atoms with van der Waals surface area (Å²) in [5.41, 5.74) is 1.39. The molecule has 5 rings (SSSR count). The van der Waals surface area contributed by atoms with Gasteiger partial charge >= 0.3 is 11.9 Å². The van der Waals surface area contributed by atoms with Crippen molar-refractivity contribution in [3.05, 3.63) is 0 Å². The number of carbonyl (C=O) groups is 3. The molecular formula is C30H46O5. The van der Waals surface area contributed by atoms with Gasteiger partial charge in [0.25, 0.3) is 0 Å². The van der Waals surface area contributed by atoms with Gasteiger partial charge in [0.2, 0.25) is 5.78 Å². The summed E-state index contributed by atoms with van der Waals surface area (Å²) in [4.78, 5) is 36.0. The summed E-state index contributed by atoms with van der Waals surface area (Å²) in [5, 5.41) is 0. The number of ether oxygens (including phenoxy) is 2. The van der Waals surface area contributed by atoms with E-state index in [-0.39, 0.29) is 40.0 Å². The molecule has 5 nitrogen and oxygen atoms in total. The molecule has 5 aliphatic carbocycles. The monoisotopic (exact) mass is 486 g/mol. The molecular weight excluding hydrogens is 440 g/mol. The molecule has 5 fully saturated rings. The minimum Gasteiger partial charge on any atom is -0.463 e. The average Bonchev–Trinajstić information content (AvgIpc) is 3.37. The third-order valence-electron chi connectivity index (χ3n) is 13.0. The Bertz CT molecular complexity index is 939. The molecule has 0 aromatic heterocycles. The molecule has 5 aliphatic rings. The van der Waals surface area contributed by atoms with E-state index in [4.69, 9.17) is 9.47 Å². The topological polar surface area (TPSA) is 69.7 Å². The van der Waals surface area contributed by atoms with Gasteiger partial charge < -0.3 is 9.47 Å². The zero-order valence-electron chi connectivity index (χ0n) is 23.0. The van der Waals surface area contributed by atoms with Crippen molar-refractivity contribution in [3.8, 4) is 0 Å². The highest BCUT2D eigenvalue weighted by atomic mass is 16.5. The summed E-state index contributed by atoms with van der Waals surface area (Å²) in [5.74, 6) is 0.822. The second-order valence-corrected chi connectivity index (χ2v) is 14.2. The standard InChI is InChI=1S/C30H46O5/c1-18(16-21(32)25(33)34-7)20-10-12-28(6)23-9-8-22-26(3,4)24(35-19(2)31)11-13-29(22)17-30(23,29)15-14-27(20,28)5/h18,20,22-24H,8-17H2,1-7H3/t18-,20-,22+,23+,24+,27-,28+,29-,30+/m1/s1. The molecule has 0 aromatic rings. The maximum atomic E-state index is 12.4. The van der Waals surface area contributed by atoms with Crippen LogP contribution in [0.1, 0.15) is 106 Å². The van der Waals surface area contributed by atoms with Crippen LogP contribution < -0.4 is 0 Å². The van der Waals surface area contributed by atoms with E-state index in [1.54, 1.807) is 6.92 Å². The zero-order chi connectivity index (χ0) is 25.6. The minimum atomic E-state index is -0.699. The molecule has 9 atom stereocenters. The van der Waals surface area contributed by atoms with Crippen molar-refractivity contribution in [2.75, 3.05) is 7.11 Å². The second-order valence-electron chi connectivity index (χ2n) is 14.2. The highest BCUT2D eigenvalue weighted by Gasteiger charge is 2.82. The number of ketones is 1. The van der Waals surface area contributed by atoms with Crippen LogP contribution in [-0.4, -0.2) is 30.9 Å². The van der Waals surface area contributed by atoms with E-state index in [2.05, 4.69) is 34.6 Å². The Labute approximate surface area is 211 Å². The fourth-order valence-corrected chi connectivity index (χ4v) is 11.3. The third kappa shape index (κ3) is 3.14. The number of methoxy groups -OCH3 is 1. The summed E-state index contributed by atoms with van der Waals surface area (Å²) in [7, 11) is 1.29. The second kappa shape index (κ2) is 7.81. The number of Topliss-reactive ketones (excluding diaryl/α,β-unsaturated/α-hetero) is 1. The largest absolute Gasteiger partial charge is 0.463 e. The van der Waals surface area contributed by atoms with Crippen molar-refractivity contribution in [1.29, 1.82) is 0 Å². The molecule has 35 heavy (non-hydrogen) atoms. The van der Waals surface area contributed by atoms with Gasteiger partial charge in [-0.05, 0) is 103 Å². The molecule has 0 N–H and O–H groups in total. The third-order valence-corrected chi connectivity index (χ3v) is 13.0. The fourth-order valence-electron chi connectivity index (χ4n) is 11.3. The maximum Gasteiger partial charge on any atom is 0.374 e. The van der Waals surface area contributed by atoms with Gasteiger partial charge in [0.1, 0.15) is 6.10 Å². The van der Waals surface area contributed by atoms with Crippen LogP contribution in [0.3, 0.4) is 0 Å². The van der Waals surface area contributed by atoms with E-state index < -0.39 is 5.97 Å². The Morgan fingerprint density at radius 2 is 1.51 bits per heavy atom. The van der Waals surface area contributed by atoms with E-state index in [0.29, 0.717) is 29.1 Å². The van der Waals surface area contributed by atoms with Crippen molar-refractivity contribution >= 4 is 17.7 Å². The lowest BCUT2D eigenvalue weighted by Crippen LogP contribution is -2.58. The normalized spacial score (nSPS) is 47.9. The first-order valence-corrected chi connectivity index (χ1v) is 14.1. The van der Waals surface area contributed by atoms with Gasteiger partial charge in [0.05, 0.1) is 7.11 Å². The molecule has 0 bridgehead atoms. The number of fused-ring (bicyclic) bond motifs is 2. The summed E-state index contributed by atoms with van der Waals surface area (Å²) in [6.07, 6.45) is 11.3. The molecule has 0 unspecified atom stereocenters. The molecule has 0 radical (unpaired) electrons. The molecule has 5 heteroatoms. The first-order chi connectivity index (χ1) is 16.3. The van der Waals surface area contributed by atoms with Crippen LogP contribution in [0.5, 0.6) is 0 Å². The SMILES string of the molecule is COC(=O)C(=O)C[C@@H](C)[C@H]1CC[C@@]2(C)[C@@H]3CC[C@H]4C(C)(C)[C@@H](OC(C)=O)CC[C@@]45C[C@@]35CC[C@]12C. The Hall–Kier alpha value is -1.39. The van der Waals surface area contributed by atoms with Gasteiger partial charge in [-0.3, -0.25) is 9.59 Å². The number of hydrogen-bond acceptors (Lipinski definition) is 5. The lowest BCUT2D eigenvalue weighted by atomic mass is 9.41. The Balaban J connectivity index is 1.39. The molecule has 2 spiro atoms. The van der Waals surface area contributed by atoms with Crippen molar-refractivity contribution < 1.29 is 23.9 Å². The average molecular weight is 487 g/mol. The number of carbonyl (C=O) groups excluding carboxylic acids is 3. The Morgan fingerprint density at radius 3 is 2.17 bits per heavy atom. The lowest BCUT2D eigenvalue weighted by molar-refractivity contribution is -0.181. The molecule has 0 aliphatic heterocycles. The summed E-state index contributed by atoms with van der Waals surface area (Å²) in [6.45, 7) is 13.5. The van der Waals surface area contributed by atoms with Crippen LogP contribution in [0, 0.1) is 50.7 Å². The fraction of sp³-hybridized carbons (Fsp3) is 0.900. The Kier molecular flexibility index (Phi) is 5.64. The zero-order valence-corrected chi connectivity index (χ0v) is 23.0. The van der Waals surface area contributed by atoms with Gasteiger partial charge in [-0.2, -0.15) is 0 Å².